The van der Waals surface area contributed by atoms with Crippen molar-refractivity contribution in [1.29, 1.82) is 0 Å². The number of anilines is 1. The van der Waals surface area contributed by atoms with E-state index >= 15 is 0 Å². The molecular formula is C12H13F2N5OS. The molecule has 1 aromatic heterocycles. The second kappa shape index (κ2) is 6.61. The lowest BCUT2D eigenvalue weighted by Crippen LogP contribution is -2.16. The fourth-order valence-electron chi connectivity index (χ4n) is 1.51. The molecule has 2 rings (SSSR count). The Morgan fingerprint density at radius 1 is 1.43 bits per heavy atom. The largest absolute Gasteiger partial charge is 0.323 e. The average molecular weight is 313 g/mol. The molecule has 9 heteroatoms. The number of tetrazole rings is 1. The van der Waals surface area contributed by atoms with Crippen LogP contribution in [0.1, 0.15) is 19.9 Å². The molecule has 1 amide bonds. The van der Waals surface area contributed by atoms with Gasteiger partial charge in [-0.3, -0.25) is 4.79 Å². The number of hydrogen-bond donors (Lipinski definition) is 1. The third-order valence-electron chi connectivity index (χ3n) is 2.49. The molecule has 1 heterocycles. The van der Waals surface area contributed by atoms with Gasteiger partial charge in [0.05, 0.1) is 17.5 Å². The van der Waals surface area contributed by atoms with E-state index in [1.54, 1.807) is 4.68 Å². The van der Waals surface area contributed by atoms with Gasteiger partial charge in [-0.1, -0.05) is 11.8 Å². The molecule has 1 aromatic carbocycles. The minimum atomic E-state index is -0.819. The van der Waals surface area contributed by atoms with Gasteiger partial charge in [-0.25, -0.2) is 13.5 Å². The molecule has 6 nitrogen and oxygen atoms in total. The highest BCUT2D eigenvalue weighted by Crippen LogP contribution is 2.19. The maximum Gasteiger partial charge on any atom is 0.234 e. The minimum Gasteiger partial charge on any atom is -0.323 e. The fourth-order valence-corrected chi connectivity index (χ4v) is 2.32. The normalized spacial score (nSPS) is 10.9. The summed E-state index contributed by atoms with van der Waals surface area (Å²) in [6.07, 6.45) is 0. The first-order chi connectivity index (χ1) is 9.97. The van der Waals surface area contributed by atoms with Crippen LogP contribution in [0.2, 0.25) is 0 Å². The number of benzene rings is 1. The number of carbonyl (C=O) groups excluding carboxylic acids is 1. The number of aromatic nitrogens is 4. The van der Waals surface area contributed by atoms with E-state index in [-0.39, 0.29) is 17.5 Å². The summed E-state index contributed by atoms with van der Waals surface area (Å²) in [4.78, 5) is 11.8. The highest BCUT2D eigenvalue weighted by Gasteiger charge is 2.13. The summed E-state index contributed by atoms with van der Waals surface area (Å²) < 4.78 is 27.7. The number of nitrogens with one attached hydrogen (secondary N) is 1. The molecule has 0 aliphatic rings. The highest BCUT2D eigenvalue weighted by molar-refractivity contribution is 7.99. The van der Waals surface area contributed by atoms with Crippen LogP contribution in [-0.2, 0) is 4.79 Å². The summed E-state index contributed by atoms with van der Waals surface area (Å²) in [5, 5.41) is 14.0. The molecule has 0 unspecified atom stereocenters. The molecule has 1 N–H and O–H groups in total. The Balaban J connectivity index is 1.94. The van der Waals surface area contributed by atoms with Crippen molar-refractivity contribution < 1.29 is 13.6 Å². The Hall–Kier alpha value is -2.03. The third kappa shape index (κ3) is 3.97. The molecule has 0 fully saturated rings. The Labute approximate surface area is 123 Å². The summed E-state index contributed by atoms with van der Waals surface area (Å²) in [5.41, 5.74) is -0.0644. The van der Waals surface area contributed by atoms with E-state index in [4.69, 9.17) is 0 Å². The zero-order valence-electron chi connectivity index (χ0n) is 11.4. The Kier molecular flexibility index (Phi) is 4.84. The first kappa shape index (κ1) is 15.4. The van der Waals surface area contributed by atoms with E-state index < -0.39 is 17.5 Å². The van der Waals surface area contributed by atoms with Crippen LogP contribution in [-0.4, -0.2) is 31.9 Å². The maximum absolute atomic E-state index is 13.4. The van der Waals surface area contributed by atoms with Crippen LogP contribution in [0.15, 0.2) is 23.4 Å². The summed E-state index contributed by atoms with van der Waals surface area (Å²) in [7, 11) is 0. The number of carbonyl (C=O) groups is 1. The van der Waals surface area contributed by atoms with E-state index in [0.29, 0.717) is 11.2 Å². The first-order valence-corrected chi connectivity index (χ1v) is 7.11. The lowest BCUT2D eigenvalue weighted by Gasteiger charge is -2.08. The molecule has 0 saturated carbocycles. The third-order valence-corrected chi connectivity index (χ3v) is 3.42. The van der Waals surface area contributed by atoms with Crippen LogP contribution in [0.3, 0.4) is 0 Å². The number of halogens is 2. The van der Waals surface area contributed by atoms with Gasteiger partial charge < -0.3 is 5.32 Å². The smallest absolute Gasteiger partial charge is 0.234 e. The van der Waals surface area contributed by atoms with Crippen LogP contribution < -0.4 is 5.32 Å². The van der Waals surface area contributed by atoms with E-state index in [1.807, 2.05) is 13.8 Å². The molecule has 0 atom stereocenters. The van der Waals surface area contributed by atoms with Gasteiger partial charge in [-0.15, -0.1) is 5.10 Å². The lowest BCUT2D eigenvalue weighted by atomic mass is 10.3. The zero-order valence-corrected chi connectivity index (χ0v) is 12.2. The standard InChI is InChI=1S/C12H13F2N5OS/c1-7(2)19-12(16-17-18-19)21-6-11(20)15-10-4-3-8(13)5-9(10)14/h3-5,7H,6H2,1-2H3,(H,15,20). The lowest BCUT2D eigenvalue weighted by molar-refractivity contribution is -0.113. The van der Waals surface area contributed by atoms with Gasteiger partial charge in [0.2, 0.25) is 11.1 Å². The summed E-state index contributed by atoms with van der Waals surface area (Å²) >= 11 is 1.14. The van der Waals surface area contributed by atoms with E-state index in [1.165, 1.54) is 6.07 Å². The predicted octanol–water partition coefficient (Wildman–Crippen LogP) is 2.26. The van der Waals surface area contributed by atoms with Crippen molar-refractivity contribution in [1.82, 2.24) is 20.2 Å². The van der Waals surface area contributed by atoms with Crippen LogP contribution in [0.25, 0.3) is 0 Å². The Morgan fingerprint density at radius 2 is 2.19 bits per heavy atom. The molecular weight excluding hydrogens is 300 g/mol. The fraction of sp³-hybridized carbons (Fsp3) is 0.333. The van der Waals surface area contributed by atoms with Gasteiger partial charge in [0.1, 0.15) is 11.6 Å². The van der Waals surface area contributed by atoms with Crippen LogP contribution in [0.5, 0.6) is 0 Å². The zero-order chi connectivity index (χ0) is 15.4. The van der Waals surface area contributed by atoms with E-state index in [9.17, 15) is 13.6 Å². The monoisotopic (exact) mass is 313 g/mol. The van der Waals surface area contributed by atoms with Crippen molar-refractivity contribution in [2.75, 3.05) is 11.1 Å². The van der Waals surface area contributed by atoms with Gasteiger partial charge in [-0.2, -0.15) is 0 Å². The van der Waals surface area contributed by atoms with Crippen molar-refractivity contribution in [2.24, 2.45) is 0 Å². The van der Waals surface area contributed by atoms with Crippen molar-refractivity contribution in [3.63, 3.8) is 0 Å². The van der Waals surface area contributed by atoms with Gasteiger partial charge in [-0.05, 0) is 36.4 Å². The number of thioether (sulfide) groups is 1. The second-order valence-electron chi connectivity index (χ2n) is 4.46. The van der Waals surface area contributed by atoms with Crippen LogP contribution in [0, 0.1) is 11.6 Å². The topological polar surface area (TPSA) is 72.7 Å². The van der Waals surface area contributed by atoms with Gasteiger partial charge in [0.15, 0.2) is 0 Å². The van der Waals surface area contributed by atoms with Crippen molar-refractivity contribution >= 4 is 23.4 Å². The summed E-state index contributed by atoms with van der Waals surface area (Å²) in [6.45, 7) is 3.82. The summed E-state index contributed by atoms with van der Waals surface area (Å²) in [6, 6.07) is 3.03. The second-order valence-corrected chi connectivity index (χ2v) is 5.40. The molecule has 0 bridgehead atoms. The molecule has 0 aliphatic heterocycles. The molecule has 21 heavy (non-hydrogen) atoms. The molecule has 0 saturated heterocycles. The molecule has 0 spiro atoms. The molecule has 0 radical (unpaired) electrons. The van der Waals surface area contributed by atoms with Gasteiger partial charge >= 0.3 is 0 Å². The number of hydrogen-bond acceptors (Lipinski definition) is 5. The van der Waals surface area contributed by atoms with Crippen LogP contribution >= 0.6 is 11.8 Å². The quantitative estimate of drug-likeness (QED) is 0.857. The number of amides is 1. The number of nitrogens with zero attached hydrogens (tertiary/aromatic N) is 4. The Bertz CT molecular complexity index is 646. The first-order valence-electron chi connectivity index (χ1n) is 6.13. The summed E-state index contributed by atoms with van der Waals surface area (Å²) in [5.74, 6) is -1.93. The SMILES string of the molecule is CC(C)n1nnnc1SCC(=O)Nc1ccc(F)cc1F. The average Bonchev–Trinajstić information content (AvgIpc) is 2.88. The molecule has 2 aromatic rings. The molecule has 112 valence electrons. The van der Waals surface area contributed by atoms with Gasteiger partial charge in [0.25, 0.3) is 0 Å². The molecule has 0 aliphatic carbocycles. The predicted molar refractivity (Wildman–Crippen MR) is 73.9 cm³/mol. The van der Waals surface area contributed by atoms with Crippen molar-refractivity contribution in [3.8, 4) is 0 Å². The minimum absolute atomic E-state index is 0.0178. The number of rotatable bonds is 5. The van der Waals surface area contributed by atoms with Crippen molar-refractivity contribution in [3.05, 3.63) is 29.8 Å². The highest BCUT2D eigenvalue weighted by atomic mass is 32.2. The van der Waals surface area contributed by atoms with Crippen LogP contribution in [0.4, 0.5) is 14.5 Å². The van der Waals surface area contributed by atoms with E-state index in [0.717, 1.165) is 17.8 Å². The van der Waals surface area contributed by atoms with E-state index in [2.05, 4.69) is 20.8 Å². The maximum atomic E-state index is 13.4. The Morgan fingerprint density at radius 3 is 2.86 bits per heavy atom. The van der Waals surface area contributed by atoms with Gasteiger partial charge in [0, 0.05) is 6.07 Å². The van der Waals surface area contributed by atoms with Crippen molar-refractivity contribution in [2.45, 2.75) is 25.0 Å².